The van der Waals surface area contributed by atoms with E-state index in [4.69, 9.17) is 4.74 Å². The zero-order valence-electron chi connectivity index (χ0n) is 14.4. The summed E-state index contributed by atoms with van der Waals surface area (Å²) in [5.74, 6) is 0.650. The second kappa shape index (κ2) is 7.34. The fourth-order valence-electron chi connectivity index (χ4n) is 2.86. The first-order valence-electron chi connectivity index (χ1n) is 8.34. The lowest BCUT2D eigenvalue weighted by atomic mass is 10.1. The van der Waals surface area contributed by atoms with Crippen molar-refractivity contribution in [2.75, 3.05) is 23.4 Å². The van der Waals surface area contributed by atoms with Crippen LogP contribution in [0.3, 0.4) is 0 Å². The first-order valence-corrected chi connectivity index (χ1v) is 8.34. The number of benzene rings is 1. The van der Waals surface area contributed by atoms with Gasteiger partial charge in [0.05, 0.1) is 12.5 Å². The Balaban J connectivity index is 1.66. The van der Waals surface area contributed by atoms with E-state index in [0.717, 1.165) is 17.1 Å². The van der Waals surface area contributed by atoms with Crippen LogP contribution in [0, 0.1) is 12.8 Å². The van der Waals surface area contributed by atoms with E-state index in [1.807, 2.05) is 50.2 Å². The van der Waals surface area contributed by atoms with Gasteiger partial charge in [-0.3, -0.25) is 9.59 Å². The Morgan fingerprint density at radius 3 is 2.72 bits per heavy atom. The van der Waals surface area contributed by atoms with Crippen molar-refractivity contribution in [3.05, 3.63) is 48.2 Å². The first kappa shape index (κ1) is 17.0. The number of pyridine rings is 1. The molecule has 1 aliphatic heterocycles. The van der Waals surface area contributed by atoms with Gasteiger partial charge in [0, 0.05) is 24.3 Å². The molecule has 1 aromatic carbocycles. The quantitative estimate of drug-likeness (QED) is 0.909. The molecule has 0 spiro atoms. The van der Waals surface area contributed by atoms with Gasteiger partial charge in [0.25, 0.3) is 0 Å². The van der Waals surface area contributed by atoms with Gasteiger partial charge in [0.1, 0.15) is 11.6 Å². The number of carbonyl (C=O) groups excluding carboxylic acids is 2. The summed E-state index contributed by atoms with van der Waals surface area (Å²) in [6, 6.07) is 12.8. The van der Waals surface area contributed by atoms with Crippen LogP contribution >= 0.6 is 0 Å². The number of ether oxygens (including phenoxy) is 1. The van der Waals surface area contributed by atoms with Crippen molar-refractivity contribution in [3.8, 4) is 5.75 Å². The standard InChI is InChI=1S/C19H21N3O3/c1-3-25-16-9-7-15(8-10-16)22-12-14(11-18(22)23)19(24)21-17-6-4-5-13(2)20-17/h4-10,14H,3,11-12H2,1-2H3,(H,20,21,24). The minimum absolute atomic E-state index is 0.0542. The highest BCUT2D eigenvalue weighted by Gasteiger charge is 2.35. The first-order chi connectivity index (χ1) is 12.1. The topological polar surface area (TPSA) is 71.5 Å². The van der Waals surface area contributed by atoms with Crippen molar-refractivity contribution < 1.29 is 14.3 Å². The van der Waals surface area contributed by atoms with Crippen LogP contribution in [0.15, 0.2) is 42.5 Å². The molecule has 1 fully saturated rings. The molecule has 2 aromatic rings. The number of hydrogen-bond acceptors (Lipinski definition) is 4. The SMILES string of the molecule is CCOc1ccc(N2CC(C(=O)Nc3cccc(C)n3)CC2=O)cc1. The molecule has 1 atom stereocenters. The monoisotopic (exact) mass is 339 g/mol. The Morgan fingerprint density at radius 1 is 1.28 bits per heavy atom. The third kappa shape index (κ3) is 3.96. The predicted octanol–water partition coefficient (Wildman–Crippen LogP) is 2.78. The highest BCUT2D eigenvalue weighted by atomic mass is 16.5. The number of aromatic nitrogens is 1. The maximum absolute atomic E-state index is 12.4. The minimum atomic E-state index is -0.388. The Labute approximate surface area is 146 Å². The van der Waals surface area contributed by atoms with Gasteiger partial charge in [0.2, 0.25) is 11.8 Å². The van der Waals surface area contributed by atoms with Crippen molar-refractivity contribution in [3.63, 3.8) is 0 Å². The van der Waals surface area contributed by atoms with Crippen LogP contribution in [0.25, 0.3) is 0 Å². The second-order valence-corrected chi connectivity index (χ2v) is 5.99. The average Bonchev–Trinajstić information content (AvgIpc) is 2.98. The molecule has 0 saturated carbocycles. The van der Waals surface area contributed by atoms with Crippen LogP contribution < -0.4 is 15.0 Å². The summed E-state index contributed by atoms with van der Waals surface area (Å²) in [6.07, 6.45) is 0.199. The number of nitrogens with one attached hydrogen (secondary N) is 1. The van der Waals surface area contributed by atoms with Crippen LogP contribution in [0.1, 0.15) is 19.0 Å². The highest BCUT2D eigenvalue weighted by Crippen LogP contribution is 2.27. The molecule has 1 saturated heterocycles. The van der Waals surface area contributed by atoms with E-state index < -0.39 is 0 Å². The molecule has 1 N–H and O–H groups in total. The van der Waals surface area contributed by atoms with Crippen molar-refractivity contribution in [2.24, 2.45) is 5.92 Å². The van der Waals surface area contributed by atoms with Gasteiger partial charge < -0.3 is 15.0 Å². The number of anilines is 2. The molecule has 6 nitrogen and oxygen atoms in total. The number of aryl methyl sites for hydroxylation is 1. The van der Waals surface area contributed by atoms with Gasteiger partial charge in [-0.25, -0.2) is 4.98 Å². The molecule has 0 radical (unpaired) electrons. The summed E-state index contributed by atoms with van der Waals surface area (Å²) in [5, 5.41) is 2.79. The molecule has 1 aliphatic rings. The van der Waals surface area contributed by atoms with E-state index in [9.17, 15) is 9.59 Å². The Kier molecular flexibility index (Phi) is 4.97. The molecule has 3 rings (SSSR count). The summed E-state index contributed by atoms with van der Waals surface area (Å²) < 4.78 is 5.41. The van der Waals surface area contributed by atoms with Gasteiger partial charge in [0.15, 0.2) is 0 Å². The molecule has 1 aromatic heterocycles. The Morgan fingerprint density at radius 2 is 2.04 bits per heavy atom. The number of rotatable bonds is 5. The van der Waals surface area contributed by atoms with E-state index in [1.54, 1.807) is 11.0 Å². The van der Waals surface area contributed by atoms with Gasteiger partial charge in [-0.15, -0.1) is 0 Å². The molecule has 0 bridgehead atoms. The third-order valence-corrected chi connectivity index (χ3v) is 4.09. The van der Waals surface area contributed by atoms with E-state index in [1.165, 1.54) is 0 Å². The Bertz CT molecular complexity index is 774. The summed E-state index contributed by atoms with van der Waals surface area (Å²) in [4.78, 5) is 30.6. The molecule has 1 unspecified atom stereocenters. The van der Waals surface area contributed by atoms with E-state index >= 15 is 0 Å². The molecular weight excluding hydrogens is 318 g/mol. The van der Waals surface area contributed by atoms with Gasteiger partial charge in [-0.2, -0.15) is 0 Å². The average molecular weight is 339 g/mol. The molecule has 0 aliphatic carbocycles. The predicted molar refractivity (Wildman–Crippen MR) is 95.7 cm³/mol. The molecule has 2 amide bonds. The molecule has 6 heteroatoms. The summed E-state index contributed by atoms with van der Waals surface area (Å²) in [5.41, 5.74) is 1.61. The van der Waals surface area contributed by atoms with Crippen LogP contribution in [-0.2, 0) is 9.59 Å². The number of carbonyl (C=O) groups is 2. The van der Waals surface area contributed by atoms with E-state index in [-0.39, 0.29) is 24.2 Å². The number of nitrogens with zero attached hydrogens (tertiary/aromatic N) is 2. The fraction of sp³-hybridized carbons (Fsp3) is 0.316. The summed E-state index contributed by atoms with van der Waals surface area (Å²) in [6.45, 7) is 4.74. The zero-order chi connectivity index (χ0) is 17.8. The highest BCUT2D eigenvalue weighted by molar-refractivity contribution is 6.03. The minimum Gasteiger partial charge on any atom is -0.494 e. The molecular formula is C19H21N3O3. The normalized spacial score (nSPS) is 16.8. The van der Waals surface area contributed by atoms with E-state index in [0.29, 0.717) is 19.0 Å². The van der Waals surface area contributed by atoms with Gasteiger partial charge in [-0.05, 0) is 50.2 Å². The number of hydrogen-bond donors (Lipinski definition) is 1. The Hall–Kier alpha value is -2.89. The lowest BCUT2D eigenvalue weighted by molar-refractivity contribution is -0.122. The van der Waals surface area contributed by atoms with Crippen LogP contribution in [0.4, 0.5) is 11.5 Å². The molecule has 25 heavy (non-hydrogen) atoms. The van der Waals surface area contributed by atoms with E-state index in [2.05, 4.69) is 10.3 Å². The van der Waals surface area contributed by atoms with Crippen molar-refractivity contribution in [1.82, 2.24) is 4.98 Å². The lowest BCUT2D eigenvalue weighted by Crippen LogP contribution is -2.28. The van der Waals surface area contributed by atoms with Crippen LogP contribution in [0.2, 0.25) is 0 Å². The lowest BCUT2D eigenvalue weighted by Gasteiger charge is -2.17. The summed E-state index contributed by atoms with van der Waals surface area (Å²) in [7, 11) is 0. The van der Waals surface area contributed by atoms with Crippen LogP contribution in [-0.4, -0.2) is 29.9 Å². The maximum atomic E-state index is 12.4. The largest absolute Gasteiger partial charge is 0.494 e. The maximum Gasteiger partial charge on any atom is 0.230 e. The number of amides is 2. The smallest absolute Gasteiger partial charge is 0.230 e. The summed E-state index contributed by atoms with van der Waals surface area (Å²) >= 11 is 0. The van der Waals surface area contributed by atoms with Crippen molar-refractivity contribution in [1.29, 1.82) is 0 Å². The van der Waals surface area contributed by atoms with Gasteiger partial charge >= 0.3 is 0 Å². The third-order valence-electron chi connectivity index (χ3n) is 4.09. The van der Waals surface area contributed by atoms with Crippen LogP contribution in [0.5, 0.6) is 5.75 Å². The van der Waals surface area contributed by atoms with Gasteiger partial charge in [-0.1, -0.05) is 6.07 Å². The molecule has 2 heterocycles. The fourth-order valence-corrected chi connectivity index (χ4v) is 2.86. The van der Waals surface area contributed by atoms with Crippen molar-refractivity contribution >= 4 is 23.3 Å². The zero-order valence-corrected chi connectivity index (χ0v) is 14.4. The van der Waals surface area contributed by atoms with Crippen molar-refractivity contribution in [2.45, 2.75) is 20.3 Å². The second-order valence-electron chi connectivity index (χ2n) is 5.99. The molecule has 130 valence electrons.